The first kappa shape index (κ1) is 12.7. The van der Waals surface area contributed by atoms with Gasteiger partial charge in [0.2, 0.25) is 0 Å². The molecule has 2 unspecified atom stereocenters. The molecule has 0 bridgehead atoms. The average Bonchev–Trinajstić information content (AvgIpc) is 2.25. The molecule has 0 aliphatic carbocycles. The Morgan fingerprint density at radius 3 is 2.25 bits per heavy atom. The second-order valence-corrected chi connectivity index (χ2v) is 3.92. The molecule has 0 aliphatic heterocycles. The van der Waals surface area contributed by atoms with Crippen molar-refractivity contribution in [1.82, 2.24) is 10.2 Å². The fraction of sp³-hybridized carbons (Fsp3) is 0.417. The van der Waals surface area contributed by atoms with E-state index in [0.717, 1.165) is 5.56 Å². The third-order valence-electron chi connectivity index (χ3n) is 2.59. The first-order valence-electron chi connectivity index (χ1n) is 5.19. The molecule has 0 saturated carbocycles. The summed E-state index contributed by atoms with van der Waals surface area (Å²) >= 11 is 0. The predicted octanol–water partition coefficient (Wildman–Crippen LogP) is 0.962. The van der Waals surface area contributed by atoms with Crippen molar-refractivity contribution in [2.75, 3.05) is 21.1 Å². The lowest BCUT2D eigenvalue weighted by atomic mass is 9.98. The number of hydrogen-bond acceptors (Lipinski definition) is 3. The normalized spacial score (nSPS) is 14.8. The standard InChI is InChI=1S/C12H18N2O2/c1-13-10(12(15)16)11(14(2)3)9-7-5-4-6-8-9/h4-8,10-11,13H,1-3H3,(H,15,16). The summed E-state index contributed by atoms with van der Waals surface area (Å²) in [6, 6.07) is 8.85. The van der Waals surface area contributed by atoms with E-state index >= 15 is 0 Å². The smallest absolute Gasteiger partial charge is 0.322 e. The average molecular weight is 222 g/mol. The largest absolute Gasteiger partial charge is 0.480 e. The number of benzene rings is 1. The first-order chi connectivity index (χ1) is 7.57. The van der Waals surface area contributed by atoms with Crippen LogP contribution in [0.2, 0.25) is 0 Å². The van der Waals surface area contributed by atoms with E-state index in [-0.39, 0.29) is 6.04 Å². The van der Waals surface area contributed by atoms with Gasteiger partial charge in [0.1, 0.15) is 6.04 Å². The van der Waals surface area contributed by atoms with Crippen molar-refractivity contribution in [2.45, 2.75) is 12.1 Å². The van der Waals surface area contributed by atoms with E-state index in [0.29, 0.717) is 0 Å². The molecular formula is C12H18N2O2. The molecule has 1 aromatic rings. The van der Waals surface area contributed by atoms with Crippen LogP contribution in [0.3, 0.4) is 0 Å². The molecule has 16 heavy (non-hydrogen) atoms. The zero-order valence-corrected chi connectivity index (χ0v) is 9.84. The Hall–Kier alpha value is -1.39. The molecule has 2 atom stereocenters. The minimum absolute atomic E-state index is 0.177. The summed E-state index contributed by atoms with van der Waals surface area (Å²) in [7, 11) is 5.42. The SMILES string of the molecule is CNC(C(=O)O)C(c1ccccc1)N(C)C. The van der Waals surface area contributed by atoms with Gasteiger partial charge in [0.15, 0.2) is 0 Å². The molecule has 0 fully saturated rings. The van der Waals surface area contributed by atoms with Crippen LogP contribution in [0.25, 0.3) is 0 Å². The first-order valence-corrected chi connectivity index (χ1v) is 5.19. The lowest BCUT2D eigenvalue weighted by Crippen LogP contribution is -2.45. The molecule has 0 aliphatic rings. The van der Waals surface area contributed by atoms with Crippen LogP contribution in [0.4, 0.5) is 0 Å². The Morgan fingerprint density at radius 1 is 1.31 bits per heavy atom. The number of rotatable bonds is 5. The van der Waals surface area contributed by atoms with Crippen LogP contribution >= 0.6 is 0 Å². The molecule has 4 nitrogen and oxygen atoms in total. The van der Waals surface area contributed by atoms with Crippen molar-refractivity contribution in [3.8, 4) is 0 Å². The van der Waals surface area contributed by atoms with Gasteiger partial charge < -0.3 is 15.3 Å². The second-order valence-electron chi connectivity index (χ2n) is 3.92. The number of nitrogens with zero attached hydrogens (tertiary/aromatic N) is 1. The predicted molar refractivity (Wildman–Crippen MR) is 63.4 cm³/mol. The van der Waals surface area contributed by atoms with E-state index in [2.05, 4.69) is 5.32 Å². The topological polar surface area (TPSA) is 52.6 Å². The van der Waals surface area contributed by atoms with Gasteiger partial charge in [-0.2, -0.15) is 0 Å². The van der Waals surface area contributed by atoms with Gasteiger partial charge in [0.25, 0.3) is 0 Å². The number of carboxylic acid groups (broad SMARTS) is 1. The molecule has 0 radical (unpaired) electrons. The van der Waals surface area contributed by atoms with Crippen LogP contribution in [-0.2, 0) is 4.79 Å². The number of aliphatic carboxylic acids is 1. The van der Waals surface area contributed by atoms with E-state index in [1.165, 1.54) is 0 Å². The molecular weight excluding hydrogens is 204 g/mol. The number of hydrogen-bond donors (Lipinski definition) is 2. The van der Waals surface area contributed by atoms with Crippen molar-refractivity contribution in [3.05, 3.63) is 35.9 Å². The molecule has 0 spiro atoms. The van der Waals surface area contributed by atoms with Crippen molar-refractivity contribution < 1.29 is 9.90 Å². The summed E-state index contributed by atoms with van der Waals surface area (Å²) in [4.78, 5) is 13.1. The maximum absolute atomic E-state index is 11.2. The molecule has 2 N–H and O–H groups in total. The highest BCUT2D eigenvalue weighted by Gasteiger charge is 2.29. The van der Waals surface area contributed by atoms with Crippen LogP contribution in [0.15, 0.2) is 30.3 Å². The molecule has 0 saturated heterocycles. The molecule has 0 amide bonds. The number of likely N-dealkylation sites (N-methyl/N-ethyl adjacent to an activating group) is 2. The maximum atomic E-state index is 11.2. The number of nitrogens with one attached hydrogen (secondary N) is 1. The van der Waals surface area contributed by atoms with Crippen molar-refractivity contribution in [1.29, 1.82) is 0 Å². The van der Waals surface area contributed by atoms with E-state index in [4.69, 9.17) is 5.11 Å². The van der Waals surface area contributed by atoms with Crippen LogP contribution in [0, 0.1) is 0 Å². The van der Waals surface area contributed by atoms with E-state index in [9.17, 15) is 4.79 Å². The molecule has 1 rings (SSSR count). The van der Waals surface area contributed by atoms with Crippen LogP contribution in [0.1, 0.15) is 11.6 Å². The van der Waals surface area contributed by atoms with Crippen molar-refractivity contribution >= 4 is 5.97 Å². The molecule has 0 heterocycles. The van der Waals surface area contributed by atoms with Crippen molar-refractivity contribution in [3.63, 3.8) is 0 Å². The Kier molecular flexibility index (Phi) is 4.46. The van der Waals surface area contributed by atoms with Gasteiger partial charge in [0, 0.05) is 0 Å². The van der Waals surface area contributed by atoms with Gasteiger partial charge in [-0.15, -0.1) is 0 Å². The monoisotopic (exact) mass is 222 g/mol. The zero-order chi connectivity index (χ0) is 12.1. The fourth-order valence-corrected chi connectivity index (χ4v) is 1.86. The summed E-state index contributed by atoms with van der Waals surface area (Å²) in [5, 5.41) is 12.0. The van der Waals surface area contributed by atoms with Gasteiger partial charge in [-0.1, -0.05) is 30.3 Å². The summed E-state index contributed by atoms with van der Waals surface area (Å²) in [6.07, 6.45) is 0. The minimum atomic E-state index is -0.843. The van der Waals surface area contributed by atoms with Crippen LogP contribution in [-0.4, -0.2) is 43.2 Å². The van der Waals surface area contributed by atoms with Crippen LogP contribution in [0.5, 0.6) is 0 Å². The Labute approximate surface area is 95.9 Å². The third kappa shape index (κ3) is 2.81. The highest BCUT2D eigenvalue weighted by atomic mass is 16.4. The van der Waals surface area contributed by atoms with Crippen LogP contribution < -0.4 is 5.32 Å². The van der Waals surface area contributed by atoms with Gasteiger partial charge in [-0.3, -0.25) is 4.79 Å². The third-order valence-corrected chi connectivity index (χ3v) is 2.59. The lowest BCUT2D eigenvalue weighted by Gasteiger charge is -2.29. The Bertz CT molecular complexity index is 338. The molecule has 4 heteroatoms. The molecule has 88 valence electrons. The number of carboxylic acids is 1. The molecule has 1 aromatic carbocycles. The summed E-state index contributed by atoms with van der Waals surface area (Å²) < 4.78 is 0. The van der Waals surface area contributed by atoms with E-state index in [1.807, 2.05) is 49.3 Å². The van der Waals surface area contributed by atoms with E-state index < -0.39 is 12.0 Å². The summed E-state index contributed by atoms with van der Waals surface area (Å²) in [5.41, 5.74) is 0.995. The van der Waals surface area contributed by atoms with Gasteiger partial charge in [-0.05, 0) is 26.7 Å². The highest BCUT2D eigenvalue weighted by molar-refractivity contribution is 5.74. The fourth-order valence-electron chi connectivity index (χ4n) is 1.86. The van der Waals surface area contributed by atoms with Gasteiger partial charge in [0.05, 0.1) is 6.04 Å². The quantitative estimate of drug-likeness (QED) is 0.779. The molecule has 0 aromatic heterocycles. The van der Waals surface area contributed by atoms with E-state index in [1.54, 1.807) is 7.05 Å². The lowest BCUT2D eigenvalue weighted by molar-refractivity contribution is -0.141. The maximum Gasteiger partial charge on any atom is 0.322 e. The van der Waals surface area contributed by atoms with Gasteiger partial charge in [-0.25, -0.2) is 0 Å². The highest BCUT2D eigenvalue weighted by Crippen LogP contribution is 2.21. The zero-order valence-electron chi connectivity index (χ0n) is 9.84. The number of carbonyl (C=O) groups is 1. The van der Waals surface area contributed by atoms with Gasteiger partial charge >= 0.3 is 5.97 Å². The second kappa shape index (κ2) is 5.63. The Morgan fingerprint density at radius 2 is 1.88 bits per heavy atom. The summed E-state index contributed by atoms with van der Waals surface area (Å²) in [5.74, 6) is -0.843. The Balaban J connectivity index is 3.04. The van der Waals surface area contributed by atoms with Crippen molar-refractivity contribution in [2.24, 2.45) is 0 Å². The minimum Gasteiger partial charge on any atom is -0.480 e. The summed E-state index contributed by atoms with van der Waals surface area (Å²) in [6.45, 7) is 0.